The average molecular weight is 342 g/mol. The van der Waals surface area contributed by atoms with Gasteiger partial charge in [-0.25, -0.2) is 9.59 Å². The van der Waals surface area contributed by atoms with Gasteiger partial charge >= 0.3 is 22.1 Å². The lowest BCUT2D eigenvalue weighted by Gasteiger charge is -2.07. The number of hydrogen-bond donors (Lipinski definition) is 0. The van der Waals surface area contributed by atoms with E-state index in [4.69, 9.17) is 0 Å². The number of hydrogen-bond acceptors (Lipinski definition) is 9. The number of carbonyl (C=O) groups is 2. The third kappa shape index (κ3) is 8.94. The predicted octanol–water partition coefficient (Wildman–Crippen LogP) is -0.531. The molecule has 0 bridgehead atoms. The zero-order valence-electron chi connectivity index (χ0n) is 11.1. The van der Waals surface area contributed by atoms with E-state index in [2.05, 4.69) is 26.3 Å². The Morgan fingerprint density at radius 1 is 1.10 bits per heavy atom. The van der Waals surface area contributed by atoms with Crippen LogP contribution in [0.3, 0.4) is 0 Å². The maximum absolute atomic E-state index is 11.3. The molecule has 0 aromatic rings. The Bertz CT molecular complexity index is 627. The van der Waals surface area contributed by atoms with Crippen molar-refractivity contribution in [2.24, 2.45) is 0 Å². The molecule has 120 valence electrons. The summed E-state index contributed by atoms with van der Waals surface area (Å²) in [7, 11) is -9.18. The molecule has 0 heterocycles. The first-order valence-corrected chi connectivity index (χ1v) is 8.43. The van der Waals surface area contributed by atoms with Crippen LogP contribution in [0.25, 0.3) is 0 Å². The molecule has 0 aromatic carbocycles. The molecule has 0 amide bonds. The highest BCUT2D eigenvalue weighted by Gasteiger charge is 2.24. The SMILES string of the molecule is C=CC(=O)OCS(=O)(=O)OS(=O)(=O)CCOC(=O)C(=C)C. The van der Waals surface area contributed by atoms with Crippen LogP contribution in [0.15, 0.2) is 24.8 Å². The minimum absolute atomic E-state index is 0.0530. The molecule has 21 heavy (non-hydrogen) atoms. The van der Waals surface area contributed by atoms with E-state index in [0.29, 0.717) is 6.08 Å². The summed E-state index contributed by atoms with van der Waals surface area (Å²) < 4.78 is 57.7. The van der Waals surface area contributed by atoms with Crippen molar-refractivity contribution in [2.75, 3.05) is 18.3 Å². The molecule has 0 unspecified atom stereocenters. The fourth-order valence-corrected chi connectivity index (χ4v) is 3.00. The van der Waals surface area contributed by atoms with Gasteiger partial charge in [0.15, 0.2) is 0 Å². The molecule has 0 aliphatic rings. The molecule has 0 atom stereocenters. The summed E-state index contributed by atoms with van der Waals surface area (Å²) in [5.41, 5.74) is 0.0530. The van der Waals surface area contributed by atoms with Gasteiger partial charge in [-0.05, 0) is 6.92 Å². The van der Waals surface area contributed by atoms with Crippen LogP contribution in [-0.2, 0) is 42.9 Å². The van der Waals surface area contributed by atoms with Crippen LogP contribution in [0.5, 0.6) is 0 Å². The van der Waals surface area contributed by atoms with Crippen molar-refractivity contribution in [1.82, 2.24) is 0 Å². The lowest BCUT2D eigenvalue weighted by molar-refractivity contribution is -0.138. The first-order chi connectivity index (χ1) is 9.49. The van der Waals surface area contributed by atoms with E-state index in [1.165, 1.54) is 6.92 Å². The minimum atomic E-state index is -4.65. The molecule has 9 nitrogen and oxygen atoms in total. The van der Waals surface area contributed by atoms with Gasteiger partial charge in [0.2, 0.25) is 5.94 Å². The maximum atomic E-state index is 11.3. The molecule has 0 fully saturated rings. The van der Waals surface area contributed by atoms with Crippen molar-refractivity contribution in [2.45, 2.75) is 6.92 Å². The normalized spacial score (nSPS) is 11.5. The van der Waals surface area contributed by atoms with Crippen LogP contribution >= 0.6 is 0 Å². The summed E-state index contributed by atoms with van der Waals surface area (Å²) in [6.07, 6.45) is 0.696. The Labute approximate surface area is 122 Å². The summed E-state index contributed by atoms with van der Waals surface area (Å²) in [4.78, 5) is 21.6. The van der Waals surface area contributed by atoms with Crippen LogP contribution in [-0.4, -0.2) is 47.1 Å². The monoisotopic (exact) mass is 342 g/mol. The largest absolute Gasteiger partial charge is 0.461 e. The van der Waals surface area contributed by atoms with Crippen molar-refractivity contribution >= 4 is 32.2 Å². The third-order valence-corrected chi connectivity index (χ3v) is 4.37. The van der Waals surface area contributed by atoms with E-state index in [-0.39, 0.29) is 5.57 Å². The molecular weight excluding hydrogens is 328 g/mol. The second-order valence-electron chi connectivity index (χ2n) is 3.59. The van der Waals surface area contributed by atoms with Gasteiger partial charge in [-0.3, -0.25) is 0 Å². The van der Waals surface area contributed by atoms with Crippen LogP contribution in [0.4, 0.5) is 0 Å². The van der Waals surface area contributed by atoms with Crippen molar-refractivity contribution in [3.63, 3.8) is 0 Å². The lowest BCUT2D eigenvalue weighted by Crippen LogP contribution is -2.24. The van der Waals surface area contributed by atoms with E-state index in [0.717, 1.165) is 0 Å². The molecule has 0 rings (SSSR count). The number of carbonyl (C=O) groups excluding carboxylic acids is 2. The van der Waals surface area contributed by atoms with Crippen molar-refractivity contribution in [3.05, 3.63) is 24.8 Å². The molecule has 11 heteroatoms. The van der Waals surface area contributed by atoms with Crippen LogP contribution in [0, 0.1) is 0 Å². The zero-order chi connectivity index (χ0) is 16.7. The molecule has 0 spiro atoms. The lowest BCUT2D eigenvalue weighted by atomic mass is 10.4. The van der Waals surface area contributed by atoms with Crippen LogP contribution in [0.2, 0.25) is 0 Å². The van der Waals surface area contributed by atoms with Gasteiger partial charge in [0, 0.05) is 11.6 Å². The highest BCUT2D eigenvalue weighted by molar-refractivity contribution is 7.99. The number of rotatable bonds is 9. The van der Waals surface area contributed by atoms with E-state index in [1.807, 2.05) is 0 Å². The van der Waals surface area contributed by atoms with Gasteiger partial charge in [0.1, 0.15) is 12.4 Å². The fraction of sp³-hybridized carbons (Fsp3) is 0.400. The summed E-state index contributed by atoms with van der Waals surface area (Å²) in [5.74, 6) is -4.06. The molecule has 0 aliphatic carbocycles. The van der Waals surface area contributed by atoms with Crippen LogP contribution in [0.1, 0.15) is 6.92 Å². The van der Waals surface area contributed by atoms with Gasteiger partial charge < -0.3 is 9.47 Å². The summed E-state index contributed by atoms with van der Waals surface area (Å²) >= 11 is 0. The van der Waals surface area contributed by atoms with Crippen LogP contribution < -0.4 is 0 Å². The Morgan fingerprint density at radius 3 is 2.14 bits per heavy atom. The van der Waals surface area contributed by atoms with E-state index in [9.17, 15) is 26.4 Å². The van der Waals surface area contributed by atoms with E-state index >= 15 is 0 Å². The van der Waals surface area contributed by atoms with Gasteiger partial charge in [-0.2, -0.15) is 16.8 Å². The average Bonchev–Trinajstić information content (AvgIpc) is 2.34. The molecule has 0 N–H and O–H groups in total. The Morgan fingerprint density at radius 2 is 1.67 bits per heavy atom. The van der Waals surface area contributed by atoms with Gasteiger partial charge in [0.05, 0.1) is 0 Å². The molecule has 0 saturated carbocycles. The Balaban J connectivity index is 4.46. The summed E-state index contributed by atoms with van der Waals surface area (Å²) in [6.45, 7) is 7.03. The van der Waals surface area contributed by atoms with Crippen molar-refractivity contribution in [3.8, 4) is 0 Å². The van der Waals surface area contributed by atoms with Crippen molar-refractivity contribution < 1.29 is 39.5 Å². The zero-order valence-corrected chi connectivity index (χ0v) is 12.7. The molecule has 0 saturated heterocycles. The second-order valence-corrected chi connectivity index (χ2v) is 7.01. The number of esters is 2. The first kappa shape index (κ1) is 19.3. The highest BCUT2D eigenvalue weighted by Crippen LogP contribution is 2.04. The van der Waals surface area contributed by atoms with E-state index < -0.39 is 50.5 Å². The first-order valence-electron chi connectivity index (χ1n) is 5.27. The predicted molar refractivity (Wildman–Crippen MR) is 70.7 cm³/mol. The number of ether oxygens (including phenoxy) is 2. The molecule has 0 aliphatic heterocycles. The Kier molecular flexibility index (Phi) is 7.26. The second kappa shape index (κ2) is 7.90. The van der Waals surface area contributed by atoms with E-state index in [1.54, 1.807) is 0 Å². The molecule has 0 aromatic heterocycles. The fourth-order valence-electron chi connectivity index (χ4n) is 0.760. The van der Waals surface area contributed by atoms with Gasteiger partial charge in [-0.1, -0.05) is 13.2 Å². The minimum Gasteiger partial charge on any atom is -0.461 e. The molecule has 0 radical (unpaired) electrons. The van der Waals surface area contributed by atoms with Gasteiger partial charge in [0.25, 0.3) is 10.1 Å². The maximum Gasteiger partial charge on any atom is 0.333 e. The summed E-state index contributed by atoms with van der Waals surface area (Å²) in [6, 6.07) is 0. The third-order valence-electron chi connectivity index (χ3n) is 1.63. The Hall–Kier alpha value is -1.72. The summed E-state index contributed by atoms with van der Waals surface area (Å²) in [5, 5.41) is 0. The van der Waals surface area contributed by atoms with Gasteiger partial charge in [-0.15, -0.1) is 3.63 Å². The smallest absolute Gasteiger partial charge is 0.333 e. The standard InChI is InChI=1S/C10H14O9S2/c1-4-9(11)18-7-21(15,16)19-20(13,14)6-5-17-10(12)8(2)3/h4H,1-2,5-7H2,3H3. The molecular formula is C10H14O9S2. The quantitative estimate of drug-likeness (QED) is 0.401. The van der Waals surface area contributed by atoms with Crippen molar-refractivity contribution in [1.29, 1.82) is 0 Å². The highest BCUT2D eigenvalue weighted by atomic mass is 32.3. The topological polar surface area (TPSA) is 130 Å².